The molecular weight excluding hydrogens is 380 g/mol. The number of amides is 1. The molecule has 0 spiro atoms. The van der Waals surface area contributed by atoms with Crippen molar-refractivity contribution in [3.63, 3.8) is 0 Å². The van der Waals surface area contributed by atoms with Gasteiger partial charge in [-0.3, -0.25) is 20.1 Å². The maximum atomic E-state index is 12.3. The second-order valence-electron chi connectivity index (χ2n) is 7.27. The first kappa shape index (κ1) is 19.9. The molecule has 1 amide bonds. The largest absolute Gasteiger partial charge is 0.497 e. The third-order valence-corrected chi connectivity index (χ3v) is 5.14. The Labute approximate surface area is 175 Å². The summed E-state index contributed by atoms with van der Waals surface area (Å²) in [5, 5.41) is 17.3. The summed E-state index contributed by atoms with van der Waals surface area (Å²) in [5.74, 6) is 1.61. The third-order valence-electron chi connectivity index (χ3n) is 5.14. The highest BCUT2D eigenvalue weighted by molar-refractivity contribution is 6.03. The van der Waals surface area contributed by atoms with Gasteiger partial charge in [-0.25, -0.2) is 0 Å². The lowest BCUT2D eigenvalue weighted by molar-refractivity contribution is 0.102. The summed E-state index contributed by atoms with van der Waals surface area (Å²) in [4.78, 5) is 12.3. The van der Waals surface area contributed by atoms with Gasteiger partial charge in [0.1, 0.15) is 12.0 Å². The summed E-state index contributed by atoms with van der Waals surface area (Å²) in [6, 6.07) is 17.3. The van der Waals surface area contributed by atoms with Crippen LogP contribution in [0.5, 0.6) is 5.75 Å². The zero-order chi connectivity index (χ0) is 20.9. The van der Waals surface area contributed by atoms with Crippen molar-refractivity contribution < 1.29 is 9.53 Å². The average molecular weight is 406 g/mol. The molecule has 4 N–H and O–H groups in total. The number of hydrogen-bond donors (Lipinski definition) is 4. The first-order valence-corrected chi connectivity index (χ1v) is 9.89. The number of nitrogens with one attached hydrogen (secondary N) is 4. The van der Waals surface area contributed by atoms with Crippen molar-refractivity contribution in [2.75, 3.05) is 30.8 Å². The first-order chi connectivity index (χ1) is 14.6. The first-order valence-electron chi connectivity index (χ1n) is 9.89. The number of methoxy groups -OCH3 is 1. The Bertz CT molecular complexity index is 976. The smallest absolute Gasteiger partial charge is 0.256 e. The fourth-order valence-corrected chi connectivity index (χ4v) is 3.43. The van der Waals surface area contributed by atoms with Crippen LogP contribution in [0.1, 0.15) is 21.8 Å². The third kappa shape index (κ3) is 4.79. The van der Waals surface area contributed by atoms with Crippen molar-refractivity contribution >= 4 is 17.4 Å². The SMILES string of the molecule is COc1ccc(C2CNC(Nc3ccc(C(=O)Nc4ccn(C)n4)cc3)NC2)cc1. The Balaban J connectivity index is 1.28. The molecule has 0 bridgehead atoms. The van der Waals surface area contributed by atoms with Crippen molar-refractivity contribution in [1.29, 1.82) is 0 Å². The van der Waals surface area contributed by atoms with Crippen LogP contribution in [-0.4, -0.2) is 42.2 Å². The number of carbonyl (C=O) groups is 1. The minimum atomic E-state index is -0.184. The molecule has 8 heteroatoms. The van der Waals surface area contributed by atoms with E-state index in [4.69, 9.17) is 4.74 Å². The van der Waals surface area contributed by atoms with E-state index in [0.717, 1.165) is 24.5 Å². The van der Waals surface area contributed by atoms with Gasteiger partial charge in [-0.1, -0.05) is 12.1 Å². The summed E-state index contributed by atoms with van der Waals surface area (Å²) in [7, 11) is 3.48. The molecule has 1 aliphatic heterocycles. The van der Waals surface area contributed by atoms with Crippen LogP contribution in [0.3, 0.4) is 0 Å². The predicted molar refractivity (Wildman–Crippen MR) is 117 cm³/mol. The number of aromatic nitrogens is 2. The van der Waals surface area contributed by atoms with E-state index in [1.165, 1.54) is 5.56 Å². The molecule has 1 aromatic heterocycles. The van der Waals surface area contributed by atoms with E-state index in [1.807, 2.05) is 31.3 Å². The number of aryl methyl sites for hydroxylation is 1. The molecule has 2 aromatic carbocycles. The van der Waals surface area contributed by atoms with Crippen LogP contribution in [-0.2, 0) is 7.05 Å². The highest BCUT2D eigenvalue weighted by Gasteiger charge is 2.21. The number of hydrogen-bond acceptors (Lipinski definition) is 6. The topological polar surface area (TPSA) is 92.2 Å². The molecule has 8 nitrogen and oxygen atoms in total. The van der Waals surface area contributed by atoms with E-state index >= 15 is 0 Å². The van der Waals surface area contributed by atoms with E-state index in [0.29, 0.717) is 17.3 Å². The van der Waals surface area contributed by atoms with E-state index in [9.17, 15) is 4.79 Å². The second-order valence-corrected chi connectivity index (χ2v) is 7.27. The van der Waals surface area contributed by atoms with Gasteiger partial charge >= 0.3 is 0 Å². The second kappa shape index (κ2) is 8.98. The number of carbonyl (C=O) groups excluding carboxylic acids is 1. The normalized spacial score (nSPS) is 18.6. The summed E-state index contributed by atoms with van der Waals surface area (Å²) >= 11 is 0. The van der Waals surface area contributed by atoms with Gasteiger partial charge in [-0.2, -0.15) is 5.10 Å². The Kier molecular flexibility index (Phi) is 5.97. The van der Waals surface area contributed by atoms with E-state index < -0.39 is 0 Å². The van der Waals surface area contributed by atoms with Gasteiger partial charge in [0.05, 0.1) is 7.11 Å². The van der Waals surface area contributed by atoms with Gasteiger partial charge in [-0.05, 0) is 42.0 Å². The van der Waals surface area contributed by atoms with Crippen LogP contribution in [0.4, 0.5) is 11.5 Å². The lowest BCUT2D eigenvalue weighted by Gasteiger charge is -2.32. The van der Waals surface area contributed by atoms with Gasteiger partial charge in [-0.15, -0.1) is 0 Å². The van der Waals surface area contributed by atoms with Gasteiger partial charge in [0.15, 0.2) is 5.82 Å². The molecule has 0 saturated carbocycles. The Morgan fingerprint density at radius 1 is 1.07 bits per heavy atom. The fraction of sp³-hybridized carbons (Fsp3) is 0.273. The Hall–Kier alpha value is -3.36. The molecule has 156 valence electrons. The van der Waals surface area contributed by atoms with Crippen LogP contribution < -0.4 is 26.0 Å². The van der Waals surface area contributed by atoms with Crippen molar-refractivity contribution in [2.45, 2.75) is 12.2 Å². The van der Waals surface area contributed by atoms with Crippen molar-refractivity contribution in [2.24, 2.45) is 7.05 Å². The van der Waals surface area contributed by atoms with Gasteiger partial charge in [0.25, 0.3) is 5.91 Å². The molecule has 1 aliphatic rings. The average Bonchev–Trinajstić information content (AvgIpc) is 3.19. The molecular formula is C22H26N6O2. The quantitative estimate of drug-likeness (QED) is 0.502. The number of rotatable bonds is 6. The summed E-state index contributed by atoms with van der Waals surface area (Å²) < 4.78 is 6.87. The molecule has 0 aliphatic carbocycles. The Morgan fingerprint density at radius 2 is 1.77 bits per heavy atom. The van der Waals surface area contributed by atoms with Crippen molar-refractivity contribution in [1.82, 2.24) is 20.4 Å². The van der Waals surface area contributed by atoms with Crippen LogP contribution >= 0.6 is 0 Å². The number of ether oxygens (including phenoxy) is 1. The number of benzene rings is 2. The molecule has 1 saturated heterocycles. The molecule has 4 rings (SSSR count). The molecule has 3 aromatic rings. The maximum Gasteiger partial charge on any atom is 0.256 e. The highest BCUT2D eigenvalue weighted by Crippen LogP contribution is 2.21. The fourth-order valence-electron chi connectivity index (χ4n) is 3.43. The van der Waals surface area contributed by atoms with Gasteiger partial charge in [0, 0.05) is 49.6 Å². The molecule has 1 fully saturated rings. The van der Waals surface area contributed by atoms with Crippen molar-refractivity contribution in [3.05, 3.63) is 71.9 Å². The highest BCUT2D eigenvalue weighted by atomic mass is 16.5. The molecule has 0 radical (unpaired) electrons. The van der Waals surface area contributed by atoms with Gasteiger partial charge in [0.2, 0.25) is 0 Å². The lowest BCUT2D eigenvalue weighted by Crippen LogP contribution is -2.55. The molecule has 30 heavy (non-hydrogen) atoms. The van der Waals surface area contributed by atoms with Crippen LogP contribution in [0.25, 0.3) is 0 Å². The van der Waals surface area contributed by atoms with Crippen molar-refractivity contribution in [3.8, 4) is 5.75 Å². The van der Waals surface area contributed by atoms with E-state index in [-0.39, 0.29) is 12.2 Å². The Morgan fingerprint density at radius 3 is 2.37 bits per heavy atom. The zero-order valence-electron chi connectivity index (χ0n) is 17.1. The summed E-state index contributed by atoms with van der Waals surface area (Å²) in [5.41, 5.74) is 2.78. The minimum absolute atomic E-state index is 0.0345. The number of nitrogens with zero attached hydrogens (tertiary/aromatic N) is 2. The predicted octanol–water partition coefficient (Wildman–Crippen LogP) is 2.35. The summed E-state index contributed by atoms with van der Waals surface area (Å²) in [6.07, 6.45) is 1.75. The number of anilines is 2. The lowest BCUT2D eigenvalue weighted by atomic mass is 9.97. The van der Waals surface area contributed by atoms with E-state index in [2.05, 4.69) is 38.5 Å². The summed E-state index contributed by atoms with van der Waals surface area (Å²) in [6.45, 7) is 1.73. The van der Waals surface area contributed by atoms with Crippen LogP contribution in [0, 0.1) is 0 Å². The monoisotopic (exact) mass is 406 g/mol. The van der Waals surface area contributed by atoms with Crippen LogP contribution in [0.2, 0.25) is 0 Å². The molecule has 0 unspecified atom stereocenters. The van der Waals surface area contributed by atoms with E-state index in [1.54, 1.807) is 36.2 Å². The van der Waals surface area contributed by atoms with Gasteiger partial charge < -0.3 is 15.4 Å². The molecule has 2 heterocycles. The minimum Gasteiger partial charge on any atom is -0.497 e. The molecule has 0 atom stereocenters. The standard InChI is InChI=1S/C22H26N6O2/c1-28-12-11-20(27-28)26-21(29)16-3-7-18(8-4-16)25-22-23-13-17(14-24-22)15-5-9-19(30-2)10-6-15/h3-12,17,22-25H,13-14H2,1-2H3,(H,26,27,29). The van der Waals surface area contributed by atoms with Crippen LogP contribution in [0.15, 0.2) is 60.8 Å². The maximum absolute atomic E-state index is 12.3. The zero-order valence-corrected chi connectivity index (χ0v) is 17.1.